The van der Waals surface area contributed by atoms with E-state index in [0.29, 0.717) is 18.8 Å². The molecule has 2 atom stereocenters. The normalized spacial score (nSPS) is 16.2. The van der Waals surface area contributed by atoms with Gasteiger partial charge in [0.15, 0.2) is 0 Å². The molecule has 3 rings (SSSR count). The first kappa shape index (κ1) is 16.7. The van der Waals surface area contributed by atoms with Gasteiger partial charge in [-0.05, 0) is 32.0 Å². The topological polar surface area (TPSA) is 104 Å². The zero-order chi connectivity index (χ0) is 17.8. The fourth-order valence-corrected chi connectivity index (χ4v) is 2.62. The van der Waals surface area contributed by atoms with Gasteiger partial charge in [-0.3, -0.25) is 4.90 Å². The summed E-state index contributed by atoms with van der Waals surface area (Å²) in [6.45, 7) is 5.08. The van der Waals surface area contributed by atoms with Crippen molar-refractivity contribution in [3.05, 3.63) is 36.9 Å². The van der Waals surface area contributed by atoms with Gasteiger partial charge >= 0.3 is 12.1 Å². The molecule has 0 bridgehead atoms. The van der Waals surface area contributed by atoms with Gasteiger partial charge in [0.1, 0.15) is 12.7 Å². The van der Waals surface area contributed by atoms with Crippen molar-refractivity contribution in [1.29, 1.82) is 0 Å². The van der Waals surface area contributed by atoms with Gasteiger partial charge in [0.25, 0.3) is 0 Å². The van der Waals surface area contributed by atoms with Gasteiger partial charge in [-0.1, -0.05) is 6.07 Å². The first-order valence-electron chi connectivity index (χ1n) is 8.11. The largest absolute Gasteiger partial charge is 0.336 e. The zero-order valence-corrected chi connectivity index (χ0v) is 14.1. The summed E-state index contributed by atoms with van der Waals surface area (Å²) >= 11 is 0. The molecule has 1 aliphatic rings. The van der Waals surface area contributed by atoms with E-state index in [1.54, 1.807) is 34.1 Å². The molecule has 0 unspecified atom stereocenters. The molecule has 1 aliphatic heterocycles. The molecule has 1 aromatic carbocycles. The standard InChI is InChI=1S/C16H21N7O2/c1-11(12(2)23-10-17-9-19-23)20-15(24)21-13-4-3-5-14(8-13)22-7-6-18-16(22)25/h3-5,8-12H,6-7H2,1-2H3,(H,18,25)(H2,20,21,24)/t11-,12+/m0/s1. The highest BCUT2D eigenvalue weighted by molar-refractivity contribution is 5.95. The van der Waals surface area contributed by atoms with E-state index in [-0.39, 0.29) is 24.1 Å². The first-order valence-corrected chi connectivity index (χ1v) is 8.11. The molecule has 1 aromatic heterocycles. The van der Waals surface area contributed by atoms with Gasteiger partial charge in [-0.2, -0.15) is 5.10 Å². The van der Waals surface area contributed by atoms with E-state index in [2.05, 4.69) is 26.0 Å². The van der Waals surface area contributed by atoms with Crippen LogP contribution in [0.4, 0.5) is 21.0 Å². The number of hydrogen-bond donors (Lipinski definition) is 3. The summed E-state index contributed by atoms with van der Waals surface area (Å²) in [4.78, 5) is 29.5. The summed E-state index contributed by atoms with van der Waals surface area (Å²) in [5.74, 6) is 0. The monoisotopic (exact) mass is 343 g/mol. The quantitative estimate of drug-likeness (QED) is 0.766. The molecule has 4 amide bonds. The average molecular weight is 343 g/mol. The molecule has 0 saturated carbocycles. The molecule has 2 heterocycles. The number of rotatable bonds is 5. The molecule has 9 nitrogen and oxygen atoms in total. The summed E-state index contributed by atoms with van der Waals surface area (Å²) in [7, 11) is 0. The van der Waals surface area contributed by atoms with Crippen LogP contribution in [-0.4, -0.2) is 46.0 Å². The van der Waals surface area contributed by atoms with E-state index < -0.39 is 0 Å². The second kappa shape index (κ2) is 7.20. The van der Waals surface area contributed by atoms with Gasteiger partial charge in [0.2, 0.25) is 0 Å². The number of nitrogens with one attached hydrogen (secondary N) is 3. The molecule has 9 heteroatoms. The lowest BCUT2D eigenvalue weighted by Gasteiger charge is -2.21. The van der Waals surface area contributed by atoms with Gasteiger partial charge in [-0.25, -0.2) is 19.3 Å². The van der Waals surface area contributed by atoms with Crippen LogP contribution in [0.15, 0.2) is 36.9 Å². The summed E-state index contributed by atoms with van der Waals surface area (Å²) in [6, 6.07) is 6.57. The number of hydrogen-bond acceptors (Lipinski definition) is 4. The van der Waals surface area contributed by atoms with E-state index in [1.807, 2.05) is 19.9 Å². The van der Waals surface area contributed by atoms with Crippen LogP contribution in [0.5, 0.6) is 0 Å². The Balaban J connectivity index is 1.60. The van der Waals surface area contributed by atoms with Gasteiger partial charge in [0, 0.05) is 30.5 Å². The number of nitrogens with zero attached hydrogens (tertiary/aromatic N) is 4. The third-order valence-corrected chi connectivity index (χ3v) is 4.21. The Hall–Kier alpha value is -3.10. The number of urea groups is 2. The molecule has 0 radical (unpaired) electrons. The zero-order valence-electron chi connectivity index (χ0n) is 14.1. The Kier molecular flexibility index (Phi) is 4.82. The maximum absolute atomic E-state index is 12.2. The summed E-state index contributed by atoms with van der Waals surface area (Å²) in [6.07, 6.45) is 3.08. The van der Waals surface area contributed by atoms with Crippen LogP contribution in [-0.2, 0) is 0 Å². The second-order valence-electron chi connectivity index (χ2n) is 5.94. The number of carbonyl (C=O) groups excluding carboxylic acids is 2. The lowest BCUT2D eigenvalue weighted by Crippen LogP contribution is -2.40. The molecule has 132 valence electrons. The Morgan fingerprint density at radius 1 is 1.36 bits per heavy atom. The lowest BCUT2D eigenvalue weighted by atomic mass is 10.2. The third kappa shape index (κ3) is 3.87. The molecule has 1 fully saturated rings. The van der Waals surface area contributed by atoms with Crippen molar-refractivity contribution in [2.45, 2.75) is 25.9 Å². The molecule has 3 N–H and O–H groups in total. The van der Waals surface area contributed by atoms with Crippen LogP contribution in [0, 0.1) is 0 Å². The molecule has 25 heavy (non-hydrogen) atoms. The molecular formula is C16H21N7O2. The summed E-state index contributed by atoms with van der Waals surface area (Å²) in [5, 5.41) is 12.5. The fourth-order valence-electron chi connectivity index (χ4n) is 2.62. The van der Waals surface area contributed by atoms with Crippen molar-refractivity contribution < 1.29 is 9.59 Å². The minimum Gasteiger partial charge on any atom is -0.336 e. The Morgan fingerprint density at radius 3 is 2.88 bits per heavy atom. The van der Waals surface area contributed by atoms with E-state index in [1.165, 1.54) is 6.33 Å². The predicted molar refractivity (Wildman–Crippen MR) is 93.5 cm³/mol. The predicted octanol–water partition coefficient (Wildman–Crippen LogP) is 1.58. The lowest BCUT2D eigenvalue weighted by molar-refractivity contribution is 0.244. The minimum atomic E-state index is -0.317. The van der Waals surface area contributed by atoms with Crippen LogP contribution in [0.2, 0.25) is 0 Å². The molecular weight excluding hydrogens is 322 g/mol. The number of amides is 4. The third-order valence-electron chi connectivity index (χ3n) is 4.21. The van der Waals surface area contributed by atoms with Crippen LogP contribution in [0.1, 0.15) is 19.9 Å². The van der Waals surface area contributed by atoms with Gasteiger partial charge in [-0.15, -0.1) is 0 Å². The Labute approximate surface area is 145 Å². The summed E-state index contributed by atoms with van der Waals surface area (Å²) < 4.78 is 1.69. The van der Waals surface area contributed by atoms with Crippen molar-refractivity contribution in [2.24, 2.45) is 0 Å². The van der Waals surface area contributed by atoms with Crippen LogP contribution < -0.4 is 20.9 Å². The highest BCUT2D eigenvalue weighted by Crippen LogP contribution is 2.21. The maximum atomic E-state index is 12.2. The van der Waals surface area contributed by atoms with Crippen molar-refractivity contribution in [3.8, 4) is 0 Å². The highest BCUT2D eigenvalue weighted by Gasteiger charge is 2.21. The van der Waals surface area contributed by atoms with E-state index in [4.69, 9.17) is 0 Å². The van der Waals surface area contributed by atoms with Crippen LogP contribution in [0.25, 0.3) is 0 Å². The Bertz CT molecular complexity index is 747. The van der Waals surface area contributed by atoms with E-state index >= 15 is 0 Å². The number of anilines is 2. The van der Waals surface area contributed by atoms with Crippen molar-refractivity contribution >= 4 is 23.4 Å². The maximum Gasteiger partial charge on any atom is 0.321 e. The van der Waals surface area contributed by atoms with Crippen LogP contribution >= 0.6 is 0 Å². The molecule has 0 spiro atoms. The minimum absolute atomic E-state index is 0.0344. The van der Waals surface area contributed by atoms with Crippen molar-refractivity contribution in [2.75, 3.05) is 23.3 Å². The van der Waals surface area contributed by atoms with Crippen molar-refractivity contribution in [1.82, 2.24) is 25.4 Å². The van der Waals surface area contributed by atoms with Crippen LogP contribution in [0.3, 0.4) is 0 Å². The first-order chi connectivity index (χ1) is 12.0. The van der Waals surface area contributed by atoms with Gasteiger partial charge < -0.3 is 16.0 Å². The molecule has 2 aromatic rings. The number of aromatic nitrogens is 3. The average Bonchev–Trinajstić information content (AvgIpc) is 3.25. The van der Waals surface area contributed by atoms with E-state index in [9.17, 15) is 9.59 Å². The van der Waals surface area contributed by atoms with E-state index in [0.717, 1.165) is 5.69 Å². The molecule has 0 aliphatic carbocycles. The highest BCUT2D eigenvalue weighted by atomic mass is 16.2. The molecule has 1 saturated heterocycles. The fraction of sp³-hybridized carbons (Fsp3) is 0.375. The second-order valence-corrected chi connectivity index (χ2v) is 5.94. The Morgan fingerprint density at radius 2 is 2.20 bits per heavy atom. The summed E-state index contributed by atoms with van der Waals surface area (Å²) in [5.41, 5.74) is 1.37. The number of benzene rings is 1. The SMILES string of the molecule is C[C@H](NC(=O)Nc1cccc(N2CCNC2=O)c1)[C@@H](C)n1cncn1. The smallest absolute Gasteiger partial charge is 0.321 e. The number of carbonyl (C=O) groups is 2. The van der Waals surface area contributed by atoms with Gasteiger partial charge in [0.05, 0.1) is 6.04 Å². The van der Waals surface area contributed by atoms with Crippen molar-refractivity contribution in [3.63, 3.8) is 0 Å².